The number of nitrogens with one attached hydrogen (secondary N) is 1. The molecule has 0 aliphatic carbocycles. The minimum absolute atomic E-state index is 0.180. The van der Waals surface area contributed by atoms with Crippen LogP contribution in [0.4, 0.5) is 0 Å². The van der Waals surface area contributed by atoms with Crippen molar-refractivity contribution < 1.29 is 14.4 Å². The summed E-state index contributed by atoms with van der Waals surface area (Å²) in [5.74, 6) is -0.876. The first-order valence-corrected chi connectivity index (χ1v) is 10.7. The molecule has 1 fully saturated rings. The van der Waals surface area contributed by atoms with E-state index in [4.69, 9.17) is 0 Å². The molecule has 2 aromatic heterocycles. The number of piperidine rings is 1. The Bertz CT molecular complexity index is 1250. The Labute approximate surface area is 185 Å². The zero-order valence-corrected chi connectivity index (χ0v) is 18.2. The number of carbonyl (C=O) groups excluding carboxylic acids is 3. The van der Waals surface area contributed by atoms with Crippen molar-refractivity contribution in [3.63, 3.8) is 0 Å². The van der Waals surface area contributed by atoms with Crippen molar-refractivity contribution >= 4 is 17.7 Å². The van der Waals surface area contributed by atoms with E-state index in [1.54, 1.807) is 17.3 Å². The van der Waals surface area contributed by atoms with Crippen molar-refractivity contribution in [1.82, 2.24) is 29.5 Å². The average Bonchev–Trinajstić information content (AvgIpc) is 3.45. The number of hydrogen-bond donors (Lipinski definition) is 1. The fraction of sp³-hybridized carbons (Fsp3) is 0.348. The second kappa shape index (κ2) is 7.44. The van der Waals surface area contributed by atoms with Crippen molar-refractivity contribution in [1.29, 1.82) is 0 Å². The van der Waals surface area contributed by atoms with Crippen LogP contribution >= 0.6 is 0 Å². The number of rotatable bonds is 4. The third kappa shape index (κ3) is 3.21. The molecule has 2 aliphatic heterocycles. The molecule has 1 unspecified atom stereocenters. The lowest BCUT2D eigenvalue weighted by Gasteiger charge is -2.29. The highest BCUT2D eigenvalue weighted by molar-refractivity contribution is 6.05. The van der Waals surface area contributed by atoms with E-state index in [1.165, 1.54) is 0 Å². The maximum atomic E-state index is 13.0. The second-order valence-electron chi connectivity index (χ2n) is 8.63. The van der Waals surface area contributed by atoms with Crippen LogP contribution in [-0.2, 0) is 23.2 Å². The largest absolute Gasteiger partial charge is 0.333 e. The molecular formula is C23H24N6O3. The third-order valence-corrected chi connectivity index (χ3v) is 6.14. The first-order valence-electron chi connectivity index (χ1n) is 10.7. The van der Waals surface area contributed by atoms with Crippen LogP contribution in [0, 0.1) is 0 Å². The number of fused-ring (bicyclic) bond motifs is 1. The Hall–Kier alpha value is -3.75. The van der Waals surface area contributed by atoms with Gasteiger partial charge in [-0.3, -0.25) is 24.4 Å². The van der Waals surface area contributed by atoms with Crippen LogP contribution in [0.3, 0.4) is 0 Å². The predicted octanol–water partition coefficient (Wildman–Crippen LogP) is 2.29. The molecule has 1 aromatic carbocycles. The van der Waals surface area contributed by atoms with Gasteiger partial charge in [0.1, 0.15) is 6.04 Å². The number of imide groups is 1. The lowest BCUT2D eigenvalue weighted by molar-refractivity contribution is -0.136. The van der Waals surface area contributed by atoms with Crippen LogP contribution in [0.25, 0.3) is 22.5 Å². The van der Waals surface area contributed by atoms with Crippen molar-refractivity contribution in [2.24, 2.45) is 7.05 Å². The third-order valence-electron chi connectivity index (χ3n) is 6.14. The van der Waals surface area contributed by atoms with Crippen LogP contribution in [0.5, 0.6) is 0 Å². The molecule has 9 heteroatoms. The van der Waals surface area contributed by atoms with E-state index in [0.717, 1.165) is 28.1 Å². The fourth-order valence-electron chi connectivity index (χ4n) is 4.45. The van der Waals surface area contributed by atoms with Gasteiger partial charge in [0.15, 0.2) is 0 Å². The summed E-state index contributed by atoms with van der Waals surface area (Å²) in [4.78, 5) is 42.9. The minimum atomic E-state index is -0.622. The van der Waals surface area contributed by atoms with Crippen LogP contribution in [0.2, 0.25) is 0 Å². The maximum Gasteiger partial charge on any atom is 0.255 e. The van der Waals surface area contributed by atoms with Crippen LogP contribution in [-0.4, -0.2) is 48.0 Å². The van der Waals surface area contributed by atoms with Gasteiger partial charge in [0.25, 0.3) is 5.91 Å². The van der Waals surface area contributed by atoms with Crippen molar-refractivity contribution in [2.45, 2.75) is 45.3 Å². The fourth-order valence-corrected chi connectivity index (χ4v) is 4.45. The van der Waals surface area contributed by atoms with Crippen molar-refractivity contribution in [3.8, 4) is 22.5 Å². The van der Waals surface area contributed by atoms with E-state index in [-0.39, 0.29) is 24.3 Å². The van der Waals surface area contributed by atoms with Gasteiger partial charge < -0.3 is 9.47 Å². The molecule has 2 aliphatic rings. The van der Waals surface area contributed by atoms with E-state index in [1.807, 2.05) is 40.8 Å². The van der Waals surface area contributed by atoms with Gasteiger partial charge in [-0.25, -0.2) is 4.98 Å². The smallest absolute Gasteiger partial charge is 0.255 e. The second-order valence-corrected chi connectivity index (χ2v) is 8.63. The molecule has 0 radical (unpaired) electrons. The molecule has 0 spiro atoms. The summed E-state index contributed by atoms with van der Waals surface area (Å²) in [7, 11) is 1.94. The van der Waals surface area contributed by atoms with Gasteiger partial charge in [-0.05, 0) is 38.0 Å². The Kier molecular flexibility index (Phi) is 4.69. The summed E-state index contributed by atoms with van der Waals surface area (Å²) in [5.41, 5.74) is 5.06. The lowest BCUT2D eigenvalue weighted by atomic mass is 10.0. The summed E-state index contributed by atoms with van der Waals surface area (Å²) in [6, 6.07) is 5.30. The number of aromatic nitrogens is 4. The number of aryl methyl sites for hydroxylation is 1. The number of benzene rings is 1. The highest BCUT2D eigenvalue weighted by Crippen LogP contribution is 2.35. The van der Waals surface area contributed by atoms with E-state index >= 15 is 0 Å². The minimum Gasteiger partial charge on any atom is -0.333 e. The van der Waals surface area contributed by atoms with Crippen LogP contribution < -0.4 is 5.32 Å². The van der Waals surface area contributed by atoms with Gasteiger partial charge >= 0.3 is 0 Å². The van der Waals surface area contributed by atoms with Crippen molar-refractivity contribution in [3.05, 3.63) is 48.0 Å². The van der Waals surface area contributed by atoms with Crippen LogP contribution in [0.15, 0.2) is 36.9 Å². The highest BCUT2D eigenvalue weighted by Gasteiger charge is 2.39. The maximum absolute atomic E-state index is 13.0. The zero-order valence-electron chi connectivity index (χ0n) is 18.2. The number of hydrogen-bond acceptors (Lipinski definition) is 5. The molecule has 3 aromatic rings. The lowest BCUT2D eigenvalue weighted by Crippen LogP contribution is -2.52. The molecule has 1 atom stereocenters. The SMILES string of the molecule is CC(C)n1cc(-c2c(-c3ccc4c(c3)CN(C3CCC(=O)NC3=O)C4=O)ncn2C)cn1. The van der Waals surface area contributed by atoms with E-state index in [9.17, 15) is 14.4 Å². The molecule has 3 amide bonds. The van der Waals surface area contributed by atoms with E-state index < -0.39 is 11.9 Å². The Balaban J connectivity index is 1.48. The summed E-state index contributed by atoms with van der Waals surface area (Å²) >= 11 is 0. The zero-order chi connectivity index (χ0) is 22.6. The topological polar surface area (TPSA) is 102 Å². The summed E-state index contributed by atoms with van der Waals surface area (Å²) in [6.45, 7) is 4.49. The summed E-state index contributed by atoms with van der Waals surface area (Å²) < 4.78 is 3.87. The van der Waals surface area contributed by atoms with Gasteiger partial charge in [0.2, 0.25) is 11.8 Å². The summed E-state index contributed by atoms with van der Waals surface area (Å²) in [6.07, 6.45) is 6.20. The standard InChI is InChI=1S/C23H24N6O3/c1-13(2)29-11-16(9-25-29)21-20(24-12-27(21)3)14-4-5-17-15(8-14)10-28(23(17)32)18-6-7-19(30)26-22(18)31/h4-5,8-9,11-13,18H,6-7,10H2,1-3H3,(H,26,30,31). The first kappa shape index (κ1) is 20.2. The van der Waals surface area contributed by atoms with Gasteiger partial charge in [-0.1, -0.05) is 6.07 Å². The number of nitrogens with zero attached hydrogens (tertiary/aromatic N) is 5. The van der Waals surface area contributed by atoms with Gasteiger partial charge in [-0.2, -0.15) is 5.10 Å². The van der Waals surface area contributed by atoms with Gasteiger partial charge in [-0.15, -0.1) is 0 Å². The van der Waals surface area contributed by atoms with Crippen LogP contribution in [0.1, 0.15) is 48.7 Å². The normalized spacial score (nSPS) is 18.4. The first-order chi connectivity index (χ1) is 15.3. The molecule has 164 valence electrons. The van der Waals surface area contributed by atoms with Gasteiger partial charge in [0, 0.05) is 48.9 Å². The number of carbonyl (C=O) groups is 3. The molecule has 5 rings (SSSR count). The Morgan fingerprint density at radius 2 is 1.97 bits per heavy atom. The molecule has 32 heavy (non-hydrogen) atoms. The monoisotopic (exact) mass is 432 g/mol. The van der Waals surface area contributed by atoms with Crippen molar-refractivity contribution in [2.75, 3.05) is 0 Å². The Morgan fingerprint density at radius 3 is 2.69 bits per heavy atom. The molecule has 1 saturated heterocycles. The number of amides is 3. The molecule has 4 heterocycles. The molecule has 1 N–H and O–H groups in total. The average molecular weight is 432 g/mol. The molecule has 0 bridgehead atoms. The Morgan fingerprint density at radius 1 is 1.16 bits per heavy atom. The predicted molar refractivity (Wildman–Crippen MR) is 116 cm³/mol. The molecule has 0 saturated carbocycles. The van der Waals surface area contributed by atoms with E-state index in [2.05, 4.69) is 29.2 Å². The van der Waals surface area contributed by atoms with Gasteiger partial charge in [0.05, 0.1) is 23.9 Å². The summed E-state index contributed by atoms with van der Waals surface area (Å²) in [5, 5.41) is 6.79. The number of imidazole rings is 1. The quantitative estimate of drug-likeness (QED) is 0.638. The highest BCUT2D eigenvalue weighted by atomic mass is 16.2. The molecule has 9 nitrogen and oxygen atoms in total. The van der Waals surface area contributed by atoms with E-state index in [0.29, 0.717) is 18.5 Å². The molecular weight excluding hydrogens is 408 g/mol.